The molecular formula is C19H23ClN4O4. The maximum Gasteiger partial charge on any atom is 0.332 e. The van der Waals surface area contributed by atoms with Crippen LogP contribution in [0, 0.1) is 5.92 Å². The molecule has 0 spiro atoms. The van der Waals surface area contributed by atoms with Gasteiger partial charge in [0.05, 0.1) is 18.7 Å². The SMILES string of the molecule is COc1ccc(Cl)cc1NC(=O)[C@@H]1CCCN(c2cc(=O)n(C)c(=O)n2C)C1. The standard InChI is InChI=1S/C19H23ClN4O4/c1-22-16(10-17(25)23(2)19(22)27)24-8-4-5-12(11-24)18(26)21-14-9-13(20)6-7-15(14)28-3/h6-7,9-10,12H,4-5,8,11H2,1-3H3,(H,21,26)/t12-/m1/s1. The number of aromatic nitrogens is 2. The number of hydrogen-bond donors (Lipinski definition) is 1. The van der Waals surface area contributed by atoms with Gasteiger partial charge >= 0.3 is 5.69 Å². The number of carbonyl (C=O) groups excluding carboxylic acids is 1. The molecule has 0 saturated carbocycles. The topological polar surface area (TPSA) is 85.6 Å². The summed E-state index contributed by atoms with van der Waals surface area (Å²) in [4.78, 5) is 39.0. The normalized spacial score (nSPS) is 16.7. The van der Waals surface area contributed by atoms with Gasteiger partial charge in [-0.1, -0.05) is 11.6 Å². The number of rotatable bonds is 4. The quantitative estimate of drug-likeness (QED) is 0.833. The molecule has 1 saturated heterocycles. The van der Waals surface area contributed by atoms with Crippen LogP contribution in [0.25, 0.3) is 0 Å². The van der Waals surface area contributed by atoms with Crippen molar-refractivity contribution in [3.05, 3.63) is 50.1 Å². The summed E-state index contributed by atoms with van der Waals surface area (Å²) in [5.41, 5.74) is -0.246. The van der Waals surface area contributed by atoms with Gasteiger partial charge in [-0.05, 0) is 31.0 Å². The fourth-order valence-electron chi connectivity index (χ4n) is 3.44. The van der Waals surface area contributed by atoms with E-state index in [1.54, 1.807) is 25.2 Å². The Bertz CT molecular complexity index is 1010. The lowest BCUT2D eigenvalue weighted by Gasteiger charge is -2.34. The summed E-state index contributed by atoms with van der Waals surface area (Å²) in [6.45, 7) is 1.08. The van der Waals surface area contributed by atoms with Crippen molar-refractivity contribution in [2.75, 3.05) is 30.4 Å². The molecular weight excluding hydrogens is 384 g/mol. The summed E-state index contributed by atoms with van der Waals surface area (Å²) in [7, 11) is 4.59. The fraction of sp³-hybridized carbons (Fsp3) is 0.421. The number of halogens is 1. The maximum absolute atomic E-state index is 12.8. The third-order valence-electron chi connectivity index (χ3n) is 5.04. The van der Waals surface area contributed by atoms with E-state index in [9.17, 15) is 14.4 Å². The smallest absolute Gasteiger partial charge is 0.332 e. The van der Waals surface area contributed by atoms with Crippen LogP contribution >= 0.6 is 11.6 Å². The molecule has 1 aromatic carbocycles. The summed E-state index contributed by atoms with van der Waals surface area (Å²) in [6, 6.07) is 6.46. The predicted octanol–water partition coefficient (Wildman–Crippen LogP) is 1.60. The van der Waals surface area contributed by atoms with E-state index in [1.807, 2.05) is 4.90 Å². The summed E-state index contributed by atoms with van der Waals surface area (Å²) in [5.74, 6) is 0.598. The number of benzene rings is 1. The van der Waals surface area contributed by atoms with Crippen LogP contribution in [-0.2, 0) is 18.9 Å². The Morgan fingerprint density at radius 3 is 2.68 bits per heavy atom. The molecule has 0 aliphatic carbocycles. The van der Waals surface area contributed by atoms with E-state index < -0.39 is 5.69 Å². The third kappa shape index (κ3) is 3.91. The van der Waals surface area contributed by atoms with E-state index in [0.717, 1.165) is 11.0 Å². The van der Waals surface area contributed by atoms with Crippen LogP contribution in [0.1, 0.15) is 12.8 Å². The molecule has 0 bridgehead atoms. The summed E-state index contributed by atoms with van der Waals surface area (Å²) in [6.07, 6.45) is 1.48. The van der Waals surface area contributed by atoms with Crippen molar-refractivity contribution in [1.82, 2.24) is 9.13 Å². The highest BCUT2D eigenvalue weighted by Crippen LogP contribution is 2.29. The minimum atomic E-state index is -0.391. The zero-order valence-corrected chi connectivity index (χ0v) is 16.8. The molecule has 1 N–H and O–H groups in total. The molecule has 1 atom stereocenters. The van der Waals surface area contributed by atoms with Gasteiger partial charge in [0.2, 0.25) is 5.91 Å². The maximum atomic E-state index is 12.8. The van der Waals surface area contributed by atoms with Gasteiger partial charge in [0, 0.05) is 38.3 Å². The van der Waals surface area contributed by atoms with E-state index in [2.05, 4.69) is 5.32 Å². The monoisotopic (exact) mass is 406 g/mol. The van der Waals surface area contributed by atoms with Crippen LogP contribution < -0.4 is 26.2 Å². The predicted molar refractivity (Wildman–Crippen MR) is 108 cm³/mol. The van der Waals surface area contributed by atoms with Crippen LogP contribution in [0.5, 0.6) is 5.75 Å². The number of methoxy groups -OCH3 is 1. The first kappa shape index (κ1) is 20.0. The number of piperidine rings is 1. The molecule has 1 amide bonds. The second-order valence-electron chi connectivity index (χ2n) is 6.86. The molecule has 9 heteroatoms. The zero-order chi connectivity index (χ0) is 20.4. The number of amides is 1. The van der Waals surface area contributed by atoms with Gasteiger partial charge in [-0.25, -0.2) is 4.79 Å². The number of hydrogen-bond acceptors (Lipinski definition) is 5. The number of nitrogens with one attached hydrogen (secondary N) is 1. The highest BCUT2D eigenvalue weighted by Gasteiger charge is 2.28. The molecule has 2 aromatic rings. The van der Waals surface area contributed by atoms with Gasteiger partial charge in [-0.15, -0.1) is 0 Å². The lowest BCUT2D eigenvalue weighted by molar-refractivity contribution is -0.120. The van der Waals surface area contributed by atoms with Gasteiger partial charge in [-0.2, -0.15) is 0 Å². The highest BCUT2D eigenvalue weighted by atomic mass is 35.5. The third-order valence-corrected chi connectivity index (χ3v) is 5.27. The van der Waals surface area contributed by atoms with Crippen LogP contribution in [0.2, 0.25) is 5.02 Å². The summed E-state index contributed by atoms with van der Waals surface area (Å²) >= 11 is 6.03. The Morgan fingerprint density at radius 1 is 1.21 bits per heavy atom. The van der Waals surface area contributed by atoms with Crippen molar-refractivity contribution in [2.45, 2.75) is 12.8 Å². The molecule has 0 radical (unpaired) electrons. The molecule has 0 unspecified atom stereocenters. The zero-order valence-electron chi connectivity index (χ0n) is 16.1. The van der Waals surface area contributed by atoms with Gasteiger partial charge in [0.1, 0.15) is 11.6 Å². The van der Waals surface area contributed by atoms with E-state index in [-0.39, 0.29) is 17.4 Å². The Kier molecular flexibility index (Phi) is 5.79. The van der Waals surface area contributed by atoms with Gasteiger partial charge in [-0.3, -0.25) is 18.7 Å². The molecule has 8 nitrogen and oxygen atoms in total. The van der Waals surface area contributed by atoms with Crippen molar-refractivity contribution >= 4 is 29.0 Å². The number of ether oxygens (including phenoxy) is 1. The van der Waals surface area contributed by atoms with Gasteiger partial charge in [0.25, 0.3) is 5.56 Å². The first-order valence-electron chi connectivity index (χ1n) is 8.98. The second-order valence-corrected chi connectivity index (χ2v) is 7.30. The molecule has 1 aromatic heterocycles. The van der Waals surface area contributed by atoms with Crippen LogP contribution in [0.15, 0.2) is 33.9 Å². The lowest BCUT2D eigenvalue weighted by atomic mass is 9.97. The second kappa shape index (κ2) is 8.10. The minimum absolute atomic E-state index is 0.154. The Morgan fingerprint density at radius 2 is 1.96 bits per heavy atom. The van der Waals surface area contributed by atoms with E-state index >= 15 is 0 Å². The van der Waals surface area contributed by atoms with Crippen LogP contribution in [0.3, 0.4) is 0 Å². The molecule has 3 rings (SSSR count). The minimum Gasteiger partial charge on any atom is -0.495 e. The van der Waals surface area contributed by atoms with E-state index in [4.69, 9.17) is 16.3 Å². The summed E-state index contributed by atoms with van der Waals surface area (Å²) < 4.78 is 7.76. The molecule has 2 heterocycles. The average Bonchev–Trinajstić information content (AvgIpc) is 2.69. The number of nitrogens with zero attached hydrogens (tertiary/aromatic N) is 3. The highest BCUT2D eigenvalue weighted by molar-refractivity contribution is 6.31. The van der Waals surface area contributed by atoms with Gasteiger partial charge in [0.15, 0.2) is 0 Å². The average molecular weight is 407 g/mol. The van der Waals surface area contributed by atoms with Crippen molar-refractivity contribution in [3.8, 4) is 5.75 Å². The van der Waals surface area contributed by atoms with Crippen molar-refractivity contribution in [3.63, 3.8) is 0 Å². The van der Waals surface area contributed by atoms with Crippen molar-refractivity contribution in [2.24, 2.45) is 20.0 Å². The fourth-order valence-corrected chi connectivity index (χ4v) is 3.61. The Labute approximate surface area is 167 Å². The summed E-state index contributed by atoms with van der Waals surface area (Å²) in [5, 5.41) is 3.38. The Balaban J connectivity index is 1.81. The van der Waals surface area contributed by atoms with E-state index in [0.29, 0.717) is 41.8 Å². The molecule has 1 aliphatic heterocycles. The Hall–Kier alpha value is -2.74. The number of carbonyl (C=O) groups is 1. The molecule has 1 aliphatic rings. The van der Waals surface area contributed by atoms with Gasteiger partial charge < -0.3 is 15.0 Å². The first-order valence-corrected chi connectivity index (χ1v) is 9.36. The lowest BCUT2D eigenvalue weighted by Crippen LogP contribution is -2.45. The van der Waals surface area contributed by atoms with Crippen molar-refractivity contribution in [1.29, 1.82) is 0 Å². The van der Waals surface area contributed by atoms with Crippen LogP contribution in [-0.4, -0.2) is 35.2 Å². The largest absolute Gasteiger partial charge is 0.495 e. The number of anilines is 2. The molecule has 28 heavy (non-hydrogen) atoms. The first-order chi connectivity index (χ1) is 13.3. The molecule has 150 valence electrons. The van der Waals surface area contributed by atoms with E-state index in [1.165, 1.54) is 24.8 Å². The molecule has 1 fully saturated rings. The van der Waals surface area contributed by atoms with Crippen LogP contribution in [0.4, 0.5) is 11.5 Å². The van der Waals surface area contributed by atoms with Crippen molar-refractivity contribution < 1.29 is 9.53 Å².